The number of likely N-dealkylation sites (N-methyl/N-ethyl adjacent to an activating group) is 3. The lowest BCUT2D eigenvalue weighted by atomic mass is 10.00. The zero-order valence-corrected chi connectivity index (χ0v) is 76.1. The van der Waals surface area contributed by atoms with E-state index in [1.54, 1.807) is 74.8 Å². The number of carbonyl (C=O) groups excluding carboxylic acids is 16. The number of guanidine groups is 1. The van der Waals surface area contributed by atoms with Crippen LogP contribution in [0.3, 0.4) is 0 Å². The average Bonchev–Trinajstić information content (AvgIpc) is 1.77. The lowest BCUT2D eigenvalue weighted by Crippen LogP contribution is -2.62. The van der Waals surface area contributed by atoms with Gasteiger partial charge in [0.05, 0.1) is 37.5 Å². The van der Waals surface area contributed by atoms with Gasteiger partial charge in [0.2, 0.25) is 94.5 Å². The van der Waals surface area contributed by atoms with Gasteiger partial charge in [-0.25, -0.2) is 4.39 Å². The first kappa shape index (κ1) is 104. The molecule has 5 aromatic rings. The standard InChI is InChI=1S/C88H128FN23O18S/c1-9-11-24-68-81(124)100-60(23-17-31-95-88(93)94)77(120)107-67(76(119)98-42-73(92)116)46-131-47-74(117)99-54(34-50-27-29-53(89)30-28-50)43-108(6)49(5)75(118)102-64(38-72(91)115)85(128)111-32-18-26-69(111)82(125)105-65(39-90)79(122)103-62(33-48(3)4)86(129)112-44-55(114)37-71(112)83(126)101-61(35-51-40-96-58-21-15-13-19-56(51)58)78(121)106-66(45-113)80(123)104-63(36-52-41-97-59-22-16-14-20-57(52)59)84(127)110(8)70(25-12-10-2)87(130)109(68)7/h13-16,19-22,27-30,40-41,48-49,54-55,60-71,96-97,113-114H,9-12,17-18,23-26,31-39,42-47,90H2,1-8H3,(H2,91,115)(H2,92,116)(H,98,119)(H,99,117)(H,100,124)(H,101,126)(H,102,118)(H,103,122)(H,104,123)(H,105,125)(H,106,121)(H,107,120)(H4,93,94,95)/t49-,54-,55+,60-,61-,62-,63-,64-,65-,66-,67-,68-,69-,70-,71?/m0/s1. The van der Waals surface area contributed by atoms with E-state index >= 15 is 33.6 Å². The maximum atomic E-state index is 15.7. The van der Waals surface area contributed by atoms with Crippen molar-refractivity contribution in [3.63, 3.8) is 0 Å². The molecule has 0 spiro atoms. The molecule has 3 fully saturated rings. The normalized spacial score (nSPS) is 25.3. The van der Waals surface area contributed by atoms with Crippen LogP contribution in [-0.4, -0.2) is 314 Å². The Bertz CT molecular complexity index is 4860. The van der Waals surface area contributed by atoms with E-state index in [1.165, 1.54) is 57.2 Å². The van der Waals surface area contributed by atoms with Gasteiger partial charge in [0.1, 0.15) is 78.3 Å². The van der Waals surface area contributed by atoms with Gasteiger partial charge in [-0.1, -0.05) is 102 Å². The number of benzene rings is 3. The Morgan fingerprint density at radius 2 is 1.11 bits per heavy atom. The van der Waals surface area contributed by atoms with Gasteiger partial charge in [-0.2, -0.15) is 0 Å². The van der Waals surface area contributed by atoms with Gasteiger partial charge in [0.25, 0.3) is 0 Å². The summed E-state index contributed by atoms with van der Waals surface area (Å²) >= 11 is 0.852. The number of amides is 16. The van der Waals surface area contributed by atoms with Crippen molar-refractivity contribution in [1.82, 2.24) is 93.0 Å². The number of fused-ring (bicyclic) bond motifs is 4. The second kappa shape index (κ2) is 50.2. The Morgan fingerprint density at radius 1 is 0.573 bits per heavy atom. The van der Waals surface area contributed by atoms with E-state index in [4.69, 9.17) is 28.3 Å². The first-order chi connectivity index (χ1) is 62.3. The van der Waals surface area contributed by atoms with Crippen LogP contribution < -0.4 is 81.4 Å². The van der Waals surface area contributed by atoms with Crippen molar-refractivity contribution in [3.8, 4) is 0 Å². The largest absolute Gasteiger partial charge is 0.394 e. The number of H-pyrrole nitrogens is 2. The number of carbonyl (C=O) groups is 16. The molecule has 0 radical (unpaired) electrons. The van der Waals surface area contributed by atoms with Crippen molar-refractivity contribution in [1.29, 1.82) is 5.41 Å². The quantitative estimate of drug-likeness (QED) is 0.0157. The highest BCUT2D eigenvalue weighted by Gasteiger charge is 2.46. The molecule has 43 heteroatoms. The summed E-state index contributed by atoms with van der Waals surface area (Å²) in [5.74, 6) is -16.6. The summed E-state index contributed by atoms with van der Waals surface area (Å²) in [6.07, 6.45) is 1.93. The summed E-state index contributed by atoms with van der Waals surface area (Å²) in [6, 6.07) is -1.09. The Hall–Kier alpha value is -12.4. The minimum atomic E-state index is -1.88. The number of halogens is 1. The van der Waals surface area contributed by atoms with Crippen molar-refractivity contribution in [2.75, 3.05) is 78.5 Å². The van der Waals surface area contributed by atoms with Crippen molar-refractivity contribution < 1.29 is 91.3 Å². The van der Waals surface area contributed by atoms with E-state index in [1.807, 2.05) is 13.8 Å². The number of hydrogen-bond donors (Lipinski definition) is 20. The zero-order valence-electron chi connectivity index (χ0n) is 75.3. The third-order valence-electron chi connectivity index (χ3n) is 23.6. The summed E-state index contributed by atoms with van der Waals surface area (Å²) in [7, 11) is 4.22. The minimum Gasteiger partial charge on any atom is -0.394 e. The van der Waals surface area contributed by atoms with Crippen molar-refractivity contribution in [2.45, 2.75) is 228 Å². The van der Waals surface area contributed by atoms with Gasteiger partial charge < -0.3 is 121 Å². The minimum absolute atomic E-state index is 0.000306. The number of nitrogens with zero attached hydrogens (tertiary/aromatic N) is 5. The van der Waals surface area contributed by atoms with E-state index < -0.39 is 235 Å². The number of primary amides is 2. The molecular weight excluding hydrogens is 1720 g/mol. The predicted octanol–water partition coefficient (Wildman–Crippen LogP) is -3.03. The molecule has 3 aromatic carbocycles. The maximum Gasteiger partial charge on any atom is 0.246 e. The highest BCUT2D eigenvalue weighted by Crippen LogP contribution is 2.28. The highest BCUT2D eigenvalue weighted by atomic mass is 32.2. The molecule has 3 saturated heterocycles. The van der Waals surface area contributed by atoms with Crippen LogP contribution >= 0.6 is 11.8 Å². The van der Waals surface area contributed by atoms with Crippen molar-refractivity contribution in [2.24, 2.45) is 28.9 Å². The number of rotatable bonds is 25. The van der Waals surface area contributed by atoms with Crippen molar-refractivity contribution in [3.05, 3.63) is 108 Å². The van der Waals surface area contributed by atoms with Gasteiger partial charge in [0.15, 0.2) is 5.96 Å². The molecule has 8 rings (SSSR count). The summed E-state index contributed by atoms with van der Waals surface area (Å²) in [6.45, 7) is 5.64. The number of nitrogens with two attached hydrogens (primary N) is 4. The summed E-state index contributed by atoms with van der Waals surface area (Å²) in [5, 5.41) is 60.9. The van der Waals surface area contributed by atoms with Gasteiger partial charge in [-0.3, -0.25) is 87.0 Å². The smallest absolute Gasteiger partial charge is 0.246 e. The van der Waals surface area contributed by atoms with Gasteiger partial charge in [0, 0.05) is 112 Å². The van der Waals surface area contributed by atoms with Crippen LogP contribution in [0, 0.1) is 17.1 Å². The lowest BCUT2D eigenvalue weighted by Gasteiger charge is -2.36. The first-order valence-electron chi connectivity index (χ1n) is 44.3. The van der Waals surface area contributed by atoms with Gasteiger partial charge in [-0.15, -0.1) is 11.8 Å². The zero-order chi connectivity index (χ0) is 96.0. The van der Waals surface area contributed by atoms with Crippen LogP contribution in [0.4, 0.5) is 4.39 Å². The third-order valence-corrected chi connectivity index (χ3v) is 24.6. The molecule has 16 amide bonds. The molecule has 0 aliphatic carbocycles. The predicted molar refractivity (Wildman–Crippen MR) is 485 cm³/mol. The Morgan fingerprint density at radius 3 is 1.72 bits per heavy atom. The molecule has 0 saturated carbocycles. The van der Waals surface area contributed by atoms with E-state index in [0.29, 0.717) is 64.2 Å². The fourth-order valence-corrected chi connectivity index (χ4v) is 17.2. The number of nitrogens with one attached hydrogen (secondary N) is 14. The van der Waals surface area contributed by atoms with Crippen LogP contribution in [0.1, 0.15) is 135 Å². The lowest BCUT2D eigenvalue weighted by molar-refractivity contribution is -0.149. The topological polar surface area (TPSA) is 622 Å². The van der Waals surface area contributed by atoms with E-state index in [2.05, 4.69) is 68.5 Å². The van der Waals surface area contributed by atoms with Crippen LogP contribution in [0.15, 0.2) is 85.2 Å². The molecule has 5 heterocycles. The number of aromatic nitrogens is 2. The third kappa shape index (κ3) is 29.8. The number of aliphatic hydroxyl groups is 2. The Labute approximate surface area is 763 Å². The molecule has 1 unspecified atom stereocenters. The van der Waals surface area contributed by atoms with E-state index in [-0.39, 0.29) is 102 Å². The Balaban J connectivity index is 1.18. The Kier molecular flexibility index (Phi) is 39.8. The number of hydrogen-bond acceptors (Lipinski definition) is 22. The molecule has 716 valence electrons. The van der Waals surface area contributed by atoms with Crippen LogP contribution in [-0.2, 0) is 96.0 Å². The molecule has 0 bridgehead atoms. The fourth-order valence-electron chi connectivity index (χ4n) is 16.3. The summed E-state index contributed by atoms with van der Waals surface area (Å²) in [4.78, 5) is 246. The second-order valence-corrected chi connectivity index (χ2v) is 35.1. The first-order valence-corrected chi connectivity index (χ1v) is 45.4. The maximum absolute atomic E-state index is 15.7. The summed E-state index contributed by atoms with van der Waals surface area (Å²) < 4.78 is 14.4. The number of aromatic amines is 2. The number of aliphatic hydroxyl groups excluding tert-OH is 2. The molecule has 3 aliphatic heterocycles. The highest BCUT2D eigenvalue weighted by molar-refractivity contribution is 8.00. The van der Waals surface area contributed by atoms with Crippen LogP contribution in [0.2, 0.25) is 0 Å². The fraction of sp³-hybridized carbons (Fsp3) is 0.557. The second-order valence-electron chi connectivity index (χ2n) is 34.0. The molecule has 41 nitrogen and oxygen atoms in total. The molecule has 2 aromatic heterocycles. The number of unbranched alkanes of at least 4 members (excludes halogenated alkanes) is 2. The average molecular weight is 1850 g/mol. The molecule has 24 N–H and O–H groups in total. The molecule has 3 aliphatic rings. The van der Waals surface area contributed by atoms with Crippen LogP contribution in [0.5, 0.6) is 0 Å². The van der Waals surface area contributed by atoms with Crippen molar-refractivity contribution >= 4 is 134 Å². The number of thioether (sulfide) groups is 1. The number of para-hydroxylation sites is 2. The molecule has 15 atom stereocenters. The SMILES string of the molecule is CCCC[C@H]1C(=O)N(C)[C@@H](CCCC)C(=O)N[C@@H](CCCNC(=N)N)C(=O)N[C@H](C(=O)NCC(N)=O)CSCC(=O)N[C@@H](Cc2ccc(F)cc2)CN(C)[C@@H](C)C(=O)N[C@@H](CC(N)=O)C(=O)N2CCC[C@H]2C(=O)N[C@@H](CN)C(=O)N[C@@H](CC(C)C)C(=O)N2C[C@H](O)CC2C(=O)N[C@@H](Cc2c[nH]c3ccccc23)C(=O)N[C@@H](CO)C(=O)N[C@@H](Cc2c[nH]c3ccccc23)C(=O)N1C. The molecule has 131 heavy (non-hydrogen) atoms. The van der Waals surface area contributed by atoms with E-state index in [0.717, 1.165) is 31.4 Å². The molecular formula is C88H128FN23O18S. The van der Waals surface area contributed by atoms with Gasteiger partial charge >= 0.3 is 0 Å². The van der Waals surface area contributed by atoms with E-state index in [9.17, 15) is 57.8 Å². The monoisotopic (exact) mass is 1850 g/mol. The summed E-state index contributed by atoms with van der Waals surface area (Å²) in [5.41, 5.74) is 25.8. The van der Waals surface area contributed by atoms with Gasteiger partial charge in [-0.05, 0) is 112 Å². The van der Waals surface area contributed by atoms with Crippen LogP contribution in [0.25, 0.3) is 21.8 Å².